The maximum absolute atomic E-state index is 12.6. The number of aromatic nitrogens is 2. The summed E-state index contributed by atoms with van der Waals surface area (Å²) < 4.78 is 15.7. The Labute approximate surface area is 172 Å². The molecule has 2 aliphatic heterocycles. The zero-order chi connectivity index (χ0) is 21.3. The number of methoxy groups -OCH3 is 1. The minimum Gasteiger partial charge on any atom is -0.481 e. The smallest absolute Gasteiger partial charge is 0.348 e. The molecular weight excluding hydrogens is 392 g/mol. The molecule has 2 aliphatic rings. The molecule has 4 rings (SSSR count). The van der Waals surface area contributed by atoms with Crippen LogP contribution in [0, 0.1) is 13.8 Å². The van der Waals surface area contributed by atoms with Crippen LogP contribution in [0.3, 0.4) is 0 Å². The van der Waals surface area contributed by atoms with Crippen LogP contribution in [0.2, 0.25) is 0 Å². The summed E-state index contributed by atoms with van der Waals surface area (Å²) in [5.41, 5.74) is 2.08. The van der Waals surface area contributed by atoms with Crippen LogP contribution in [0.5, 0.6) is 5.88 Å². The Morgan fingerprint density at radius 1 is 1.30 bits per heavy atom. The van der Waals surface area contributed by atoms with E-state index in [4.69, 9.17) is 14.0 Å². The predicted octanol–water partition coefficient (Wildman–Crippen LogP) is 1.80. The molecule has 11 nitrogen and oxygen atoms in total. The van der Waals surface area contributed by atoms with E-state index in [9.17, 15) is 9.59 Å². The van der Waals surface area contributed by atoms with Crippen molar-refractivity contribution in [3.05, 3.63) is 47.3 Å². The normalized spacial score (nSPS) is 15.8. The van der Waals surface area contributed by atoms with Gasteiger partial charge < -0.3 is 24.2 Å². The van der Waals surface area contributed by atoms with Crippen molar-refractivity contribution in [3.63, 3.8) is 0 Å². The van der Waals surface area contributed by atoms with E-state index in [1.165, 1.54) is 19.5 Å². The molecule has 0 radical (unpaired) electrons. The largest absolute Gasteiger partial charge is 0.481 e. The van der Waals surface area contributed by atoms with E-state index in [1.54, 1.807) is 28.9 Å². The standard InChI is InChI=1S/C19H20N6O5/c1-11-14(12(2)30-23-11)9-24-6-7-25-10-15(29-19(25)22-18(24)27)17(26)21-13-4-5-16(28-3)20-8-13/h4-5,8,10H,6-7,9H2,1-3H3,(H,21,26). The van der Waals surface area contributed by atoms with Crippen LogP contribution in [0.4, 0.5) is 10.5 Å². The number of ether oxygens (including phenoxy) is 2. The molecule has 4 heterocycles. The van der Waals surface area contributed by atoms with Crippen LogP contribution in [-0.2, 0) is 16.1 Å². The third-order valence-corrected chi connectivity index (χ3v) is 4.75. The SMILES string of the molecule is COc1ccc(NC(=O)C2=CN3CCN(Cc4c(C)noc4C)C(=O)N=C3O2)cn1. The van der Waals surface area contributed by atoms with Gasteiger partial charge in [0.05, 0.1) is 37.4 Å². The van der Waals surface area contributed by atoms with Crippen molar-refractivity contribution in [2.24, 2.45) is 4.99 Å². The van der Waals surface area contributed by atoms with Crippen molar-refractivity contribution < 1.29 is 23.6 Å². The van der Waals surface area contributed by atoms with E-state index in [0.29, 0.717) is 37.0 Å². The Hall–Kier alpha value is -3.89. The summed E-state index contributed by atoms with van der Waals surface area (Å²) in [7, 11) is 1.51. The van der Waals surface area contributed by atoms with Crippen LogP contribution in [0.25, 0.3) is 0 Å². The van der Waals surface area contributed by atoms with E-state index in [2.05, 4.69) is 20.4 Å². The lowest BCUT2D eigenvalue weighted by Crippen LogP contribution is -2.32. The fraction of sp³-hybridized carbons (Fsp3) is 0.316. The van der Waals surface area contributed by atoms with E-state index in [-0.39, 0.29) is 11.8 Å². The molecule has 0 bridgehead atoms. The van der Waals surface area contributed by atoms with Gasteiger partial charge in [-0.1, -0.05) is 5.16 Å². The number of carbonyl (C=O) groups excluding carboxylic acids is 2. The van der Waals surface area contributed by atoms with Crippen LogP contribution in [0.1, 0.15) is 17.0 Å². The number of pyridine rings is 1. The van der Waals surface area contributed by atoms with Gasteiger partial charge in [-0.05, 0) is 19.9 Å². The van der Waals surface area contributed by atoms with Gasteiger partial charge in [0.2, 0.25) is 11.6 Å². The first-order valence-corrected chi connectivity index (χ1v) is 9.21. The van der Waals surface area contributed by atoms with Gasteiger partial charge in [0.15, 0.2) is 0 Å². The van der Waals surface area contributed by atoms with Crippen molar-refractivity contribution in [2.75, 3.05) is 25.5 Å². The second-order valence-corrected chi connectivity index (χ2v) is 6.73. The first kappa shape index (κ1) is 19.4. The fourth-order valence-corrected chi connectivity index (χ4v) is 3.04. The molecule has 1 N–H and O–H groups in total. The Bertz CT molecular complexity index is 1020. The van der Waals surface area contributed by atoms with Gasteiger partial charge in [-0.3, -0.25) is 9.69 Å². The second-order valence-electron chi connectivity index (χ2n) is 6.73. The third-order valence-electron chi connectivity index (χ3n) is 4.75. The predicted molar refractivity (Wildman–Crippen MR) is 105 cm³/mol. The van der Waals surface area contributed by atoms with Crippen molar-refractivity contribution in [1.82, 2.24) is 19.9 Å². The molecule has 0 unspecified atom stereocenters. The zero-order valence-corrected chi connectivity index (χ0v) is 16.7. The number of fused-ring (bicyclic) bond motifs is 1. The molecule has 2 aromatic heterocycles. The number of aryl methyl sites for hydroxylation is 2. The molecule has 2 aromatic rings. The zero-order valence-electron chi connectivity index (χ0n) is 16.7. The Morgan fingerprint density at radius 2 is 2.13 bits per heavy atom. The topological polar surface area (TPSA) is 122 Å². The lowest BCUT2D eigenvalue weighted by Gasteiger charge is -2.19. The highest BCUT2D eigenvalue weighted by atomic mass is 16.5. The number of urea groups is 1. The van der Waals surface area contributed by atoms with Gasteiger partial charge in [-0.15, -0.1) is 4.99 Å². The number of aliphatic imine (C=N–C) groups is 1. The molecule has 0 spiro atoms. The highest BCUT2D eigenvalue weighted by Gasteiger charge is 2.32. The molecule has 0 aliphatic carbocycles. The summed E-state index contributed by atoms with van der Waals surface area (Å²) in [6.45, 7) is 4.79. The maximum Gasteiger partial charge on any atom is 0.348 e. The molecule has 11 heteroatoms. The molecule has 3 amide bonds. The minimum atomic E-state index is -0.474. The van der Waals surface area contributed by atoms with Gasteiger partial charge in [0, 0.05) is 24.7 Å². The molecule has 0 aromatic carbocycles. The van der Waals surface area contributed by atoms with Gasteiger partial charge in [0.25, 0.3) is 5.91 Å². The number of nitrogens with one attached hydrogen (secondary N) is 1. The Morgan fingerprint density at radius 3 is 2.80 bits per heavy atom. The Kier molecular flexibility index (Phi) is 5.09. The Balaban J connectivity index is 1.42. The number of nitrogens with zero attached hydrogens (tertiary/aromatic N) is 5. The summed E-state index contributed by atoms with van der Waals surface area (Å²) in [6, 6.07) is 2.90. The van der Waals surface area contributed by atoms with Crippen LogP contribution >= 0.6 is 0 Å². The first-order valence-electron chi connectivity index (χ1n) is 9.21. The van der Waals surface area contributed by atoms with Gasteiger partial charge in [-0.2, -0.15) is 0 Å². The van der Waals surface area contributed by atoms with Gasteiger partial charge in [0.1, 0.15) is 5.76 Å². The average Bonchev–Trinajstić information content (AvgIpc) is 3.24. The summed E-state index contributed by atoms with van der Waals surface area (Å²) in [4.78, 5) is 36.3. The molecule has 0 atom stereocenters. The monoisotopic (exact) mass is 412 g/mol. The minimum absolute atomic E-state index is 0.0385. The lowest BCUT2D eigenvalue weighted by molar-refractivity contribution is -0.114. The van der Waals surface area contributed by atoms with Gasteiger partial charge in [-0.25, -0.2) is 9.78 Å². The van der Waals surface area contributed by atoms with Crippen LogP contribution in [0.15, 0.2) is 39.8 Å². The number of anilines is 1. The molecule has 0 saturated carbocycles. The first-order chi connectivity index (χ1) is 14.4. The average molecular weight is 412 g/mol. The van der Waals surface area contributed by atoms with Crippen LogP contribution in [-0.4, -0.2) is 58.1 Å². The fourth-order valence-electron chi connectivity index (χ4n) is 3.04. The lowest BCUT2D eigenvalue weighted by atomic mass is 10.2. The number of hydrogen-bond donors (Lipinski definition) is 1. The van der Waals surface area contributed by atoms with E-state index < -0.39 is 11.9 Å². The summed E-state index contributed by atoms with van der Waals surface area (Å²) in [5, 5.41) is 6.59. The highest BCUT2D eigenvalue weighted by molar-refractivity contribution is 6.06. The number of amides is 3. The number of hydrogen-bond acceptors (Lipinski definition) is 8. The highest BCUT2D eigenvalue weighted by Crippen LogP contribution is 2.21. The number of carbonyl (C=O) groups is 2. The molecule has 30 heavy (non-hydrogen) atoms. The van der Waals surface area contributed by atoms with E-state index >= 15 is 0 Å². The van der Waals surface area contributed by atoms with Crippen molar-refractivity contribution in [2.45, 2.75) is 20.4 Å². The van der Waals surface area contributed by atoms with Crippen molar-refractivity contribution in [1.29, 1.82) is 0 Å². The maximum atomic E-state index is 12.6. The van der Waals surface area contributed by atoms with Crippen molar-refractivity contribution >= 4 is 23.6 Å². The quantitative estimate of drug-likeness (QED) is 0.789. The summed E-state index contributed by atoms with van der Waals surface area (Å²) in [6.07, 6.45) is 3.00. The second kappa shape index (κ2) is 7.85. The van der Waals surface area contributed by atoms with Gasteiger partial charge >= 0.3 is 12.1 Å². The summed E-state index contributed by atoms with van der Waals surface area (Å²) >= 11 is 0. The summed E-state index contributed by atoms with van der Waals surface area (Å²) in [5.74, 6) is 0.668. The number of amidine groups is 1. The van der Waals surface area contributed by atoms with Crippen molar-refractivity contribution in [3.8, 4) is 5.88 Å². The van der Waals surface area contributed by atoms with E-state index in [0.717, 1.165) is 11.3 Å². The molecular formula is C19H20N6O5. The van der Waals surface area contributed by atoms with E-state index in [1.807, 2.05) is 6.92 Å². The molecule has 0 saturated heterocycles. The molecule has 0 fully saturated rings. The third kappa shape index (κ3) is 3.81. The van der Waals surface area contributed by atoms with Crippen LogP contribution < -0.4 is 10.1 Å². The number of rotatable bonds is 5. The molecule has 156 valence electrons.